The lowest BCUT2D eigenvalue weighted by atomic mass is 10.1. The van der Waals surface area contributed by atoms with Gasteiger partial charge in [0.1, 0.15) is 11.4 Å². The molecule has 0 saturated carbocycles. The van der Waals surface area contributed by atoms with Crippen LogP contribution in [0.2, 0.25) is 0 Å². The molecule has 0 aliphatic rings. The second kappa shape index (κ2) is 5.52. The Morgan fingerprint density at radius 1 is 1.29 bits per heavy atom. The van der Waals surface area contributed by atoms with Crippen molar-refractivity contribution in [3.05, 3.63) is 29.3 Å². The molecule has 0 atom stereocenters. The predicted octanol–water partition coefficient (Wildman–Crippen LogP) is 2.21. The standard InChI is InChI=1S/C14H23NO2/c1-11-7-6-8-12(9-16)13(11)17-14(2,3)10-15(4)5/h6-8,16H,9-10H2,1-5H3. The quantitative estimate of drug-likeness (QED) is 0.852. The second-order valence-corrected chi connectivity index (χ2v) is 5.32. The van der Waals surface area contributed by atoms with Crippen LogP contribution < -0.4 is 4.74 Å². The minimum atomic E-state index is -0.278. The van der Waals surface area contributed by atoms with Crippen LogP contribution in [0.5, 0.6) is 5.75 Å². The highest BCUT2D eigenvalue weighted by atomic mass is 16.5. The first kappa shape index (κ1) is 14.0. The molecule has 0 aliphatic carbocycles. The van der Waals surface area contributed by atoms with E-state index in [1.807, 2.05) is 39.2 Å². The minimum absolute atomic E-state index is 0.00899. The van der Waals surface area contributed by atoms with Gasteiger partial charge in [-0.05, 0) is 40.4 Å². The van der Waals surface area contributed by atoms with Crippen molar-refractivity contribution in [1.82, 2.24) is 4.90 Å². The highest BCUT2D eigenvalue weighted by molar-refractivity contribution is 5.40. The fourth-order valence-corrected chi connectivity index (χ4v) is 2.05. The average Bonchev–Trinajstić information content (AvgIpc) is 2.18. The summed E-state index contributed by atoms with van der Waals surface area (Å²) in [5.74, 6) is 0.807. The van der Waals surface area contributed by atoms with Gasteiger partial charge in [-0.2, -0.15) is 0 Å². The molecule has 0 heterocycles. The van der Waals surface area contributed by atoms with Crippen molar-refractivity contribution in [2.24, 2.45) is 0 Å². The summed E-state index contributed by atoms with van der Waals surface area (Å²) in [6.45, 7) is 6.95. The summed E-state index contributed by atoms with van der Waals surface area (Å²) in [4.78, 5) is 2.09. The average molecular weight is 237 g/mol. The molecule has 0 spiro atoms. The molecule has 0 bridgehead atoms. The van der Waals surface area contributed by atoms with E-state index in [9.17, 15) is 5.11 Å². The first-order valence-corrected chi connectivity index (χ1v) is 5.89. The number of rotatable bonds is 5. The van der Waals surface area contributed by atoms with Crippen molar-refractivity contribution >= 4 is 0 Å². The maximum absolute atomic E-state index is 9.33. The van der Waals surface area contributed by atoms with Gasteiger partial charge in [-0.1, -0.05) is 18.2 Å². The van der Waals surface area contributed by atoms with Gasteiger partial charge in [-0.3, -0.25) is 0 Å². The SMILES string of the molecule is Cc1cccc(CO)c1OC(C)(C)CN(C)C. The van der Waals surface area contributed by atoms with Crippen LogP contribution in [0.3, 0.4) is 0 Å². The monoisotopic (exact) mass is 237 g/mol. The smallest absolute Gasteiger partial charge is 0.128 e. The zero-order valence-electron chi connectivity index (χ0n) is 11.4. The van der Waals surface area contributed by atoms with Gasteiger partial charge in [0.05, 0.1) is 6.61 Å². The minimum Gasteiger partial charge on any atom is -0.486 e. The van der Waals surface area contributed by atoms with Crippen molar-refractivity contribution in [3.63, 3.8) is 0 Å². The summed E-state index contributed by atoms with van der Waals surface area (Å²) in [5.41, 5.74) is 1.62. The molecule has 1 rings (SSSR count). The molecule has 0 saturated heterocycles. The molecule has 0 radical (unpaired) electrons. The molecule has 17 heavy (non-hydrogen) atoms. The summed E-state index contributed by atoms with van der Waals surface area (Å²) in [6.07, 6.45) is 0. The highest BCUT2D eigenvalue weighted by Gasteiger charge is 2.22. The molecule has 3 nitrogen and oxygen atoms in total. The van der Waals surface area contributed by atoms with Crippen LogP contribution in [-0.2, 0) is 6.61 Å². The van der Waals surface area contributed by atoms with Crippen molar-refractivity contribution < 1.29 is 9.84 Å². The van der Waals surface area contributed by atoms with Crippen LogP contribution in [0, 0.1) is 6.92 Å². The number of hydrogen-bond donors (Lipinski definition) is 1. The Morgan fingerprint density at radius 3 is 2.47 bits per heavy atom. The number of likely N-dealkylation sites (N-methyl/N-ethyl adjacent to an activating group) is 1. The second-order valence-electron chi connectivity index (χ2n) is 5.32. The van der Waals surface area contributed by atoms with Gasteiger partial charge in [-0.25, -0.2) is 0 Å². The van der Waals surface area contributed by atoms with E-state index in [1.54, 1.807) is 0 Å². The van der Waals surface area contributed by atoms with E-state index in [4.69, 9.17) is 4.74 Å². The lowest BCUT2D eigenvalue weighted by Gasteiger charge is -2.31. The van der Waals surface area contributed by atoms with Crippen LogP contribution >= 0.6 is 0 Å². The predicted molar refractivity (Wildman–Crippen MR) is 70.4 cm³/mol. The third kappa shape index (κ3) is 4.02. The molecule has 1 aromatic rings. The van der Waals surface area contributed by atoms with E-state index >= 15 is 0 Å². The fourth-order valence-electron chi connectivity index (χ4n) is 2.05. The molecule has 0 aromatic heterocycles. The van der Waals surface area contributed by atoms with Crippen molar-refractivity contribution in [2.45, 2.75) is 33.0 Å². The topological polar surface area (TPSA) is 32.7 Å². The molecule has 0 fully saturated rings. The Morgan fingerprint density at radius 2 is 1.94 bits per heavy atom. The first-order valence-electron chi connectivity index (χ1n) is 5.89. The third-order valence-corrected chi connectivity index (χ3v) is 2.54. The summed E-state index contributed by atoms with van der Waals surface area (Å²) >= 11 is 0. The largest absolute Gasteiger partial charge is 0.486 e. The molecule has 0 aliphatic heterocycles. The van der Waals surface area contributed by atoms with Gasteiger partial charge < -0.3 is 14.7 Å². The zero-order chi connectivity index (χ0) is 13.1. The summed E-state index contributed by atoms with van der Waals surface area (Å²) < 4.78 is 6.06. The van der Waals surface area contributed by atoms with Crippen molar-refractivity contribution in [2.75, 3.05) is 20.6 Å². The van der Waals surface area contributed by atoms with Crippen LogP contribution in [0.1, 0.15) is 25.0 Å². The van der Waals surface area contributed by atoms with E-state index in [0.29, 0.717) is 0 Å². The molecule has 1 N–H and O–H groups in total. The van der Waals surface area contributed by atoms with Gasteiger partial charge in [0.25, 0.3) is 0 Å². The van der Waals surface area contributed by atoms with Gasteiger partial charge in [0.2, 0.25) is 0 Å². The highest BCUT2D eigenvalue weighted by Crippen LogP contribution is 2.27. The number of aliphatic hydroxyl groups is 1. The van der Waals surface area contributed by atoms with Crippen LogP contribution in [0.4, 0.5) is 0 Å². The summed E-state index contributed by atoms with van der Waals surface area (Å²) in [7, 11) is 4.05. The Hall–Kier alpha value is -1.06. The van der Waals surface area contributed by atoms with Crippen molar-refractivity contribution in [3.8, 4) is 5.75 Å². The van der Waals surface area contributed by atoms with E-state index in [-0.39, 0.29) is 12.2 Å². The Balaban J connectivity index is 2.94. The maximum atomic E-state index is 9.33. The Bertz CT molecular complexity index is 372. The molecular weight excluding hydrogens is 214 g/mol. The van der Waals surface area contributed by atoms with Crippen molar-refractivity contribution in [1.29, 1.82) is 0 Å². The lowest BCUT2D eigenvalue weighted by molar-refractivity contribution is 0.0740. The number of aliphatic hydroxyl groups excluding tert-OH is 1. The molecule has 3 heteroatoms. The summed E-state index contributed by atoms with van der Waals surface area (Å²) in [6, 6.07) is 5.83. The van der Waals surface area contributed by atoms with E-state index in [0.717, 1.165) is 23.4 Å². The van der Waals surface area contributed by atoms with Crippen LogP contribution in [-0.4, -0.2) is 36.2 Å². The fraction of sp³-hybridized carbons (Fsp3) is 0.571. The summed E-state index contributed by atoms with van der Waals surface area (Å²) in [5, 5.41) is 9.33. The number of para-hydroxylation sites is 1. The van der Waals surface area contributed by atoms with E-state index in [1.165, 1.54) is 0 Å². The Kier molecular flexibility index (Phi) is 4.54. The number of nitrogens with zero attached hydrogens (tertiary/aromatic N) is 1. The normalized spacial score (nSPS) is 11.9. The van der Waals surface area contributed by atoms with Gasteiger partial charge >= 0.3 is 0 Å². The number of ether oxygens (including phenoxy) is 1. The van der Waals surface area contributed by atoms with E-state index < -0.39 is 0 Å². The molecular formula is C14H23NO2. The van der Waals surface area contributed by atoms with E-state index in [2.05, 4.69) is 18.7 Å². The lowest BCUT2D eigenvalue weighted by Crippen LogP contribution is -2.40. The van der Waals surface area contributed by atoms with Crippen LogP contribution in [0.15, 0.2) is 18.2 Å². The van der Waals surface area contributed by atoms with Gasteiger partial charge in [0, 0.05) is 12.1 Å². The van der Waals surface area contributed by atoms with Gasteiger partial charge in [0.15, 0.2) is 0 Å². The molecule has 0 unspecified atom stereocenters. The molecule has 96 valence electrons. The van der Waals surface area contributed by atoms with Crippen LogP contribution in [0.25, 0.3) is 0 Å². The Labute approximate surface area is 104 Å². The molecule has 1 aromatic carbocycles. The number of aryl methyl sites for hydroxylation is 1. The zero-order valence-corrected chi connectivity index (χ0v) is 11.4. The third-order valence-electron chi connectivity index (χ3n) is 2.54. The molecule has 0 amide bonds. The first-order chi connectivity index (χ1) is 7.85. The number of hydrogen-bond acceptors (Lipinski definition) is 3. The number of benzene rings is 1. The van der Waals surface area contributed by atoms with Gasteiger partial charge in [-0.15, -0.1) is 0 Å². The maximum Gasteiger partial charge on any atom is 0.128 e.